The molecule has 1 rings (SSSR count). The van der Waals surface area contributed by atoms with E-state index in [2.05, 4.69) is 0 Å². The van der Waals surface area contributed by atoms with Crippen LogP contribution in [-0.2, 0) is 9.59 Å². The predicted molar refractivity (Wildman–Crippen MR) is 62.2 cm³/mol. The highest BCUT2D eigenvalue weighted by Gasteiger charge is 2.86. The number of alkyl halides is 4. The molecule has 0 radical (unpaired) electrons. The molecule has 2 unspecified atom stereocenters. The Hall–Kier alpha value is 0.500. The molecule has 0 N–H and O–H groups in total. The van der Waals surface area contributed by atoms with E-state index in [0.717, 1.165) is 0 Å². The molecule has 1 aliphatic rings. The molecule has 15 heavy (non-hydrogen) atoms. The van der Waals surface area contributed by atoms with Gasteiger partial charge in [-0.05, 0) is 13.8 Å². The molecule has 86 valence electrons. The van der Waals surface area contributed by atoms with Crippen LogP contribution in [0.25, 0.3) is 0 Å². The minimum Gasteiger partial charge on any atom is -0.300 e. The van der Waals surface area contributed by atoms with Crippen LogP contribution in [0.15, 0.2) is 0 Å². The fraction of sp³-hybridized carbons (Fsp3) is 0.778. The van der Waals surface area contributed by atoms with Gasteiger partial charge in [0.05, 0.1) is 0 Å². The van der Waals surface area contributed by atoms with Crippen molar-refractivity contribution in [1.29, 1.82) is 0 Å². The van der Waals surface area contributed by atoms with Crippen molar-refractivity contribution in [1.82, 2.24) is 0 Å². The number of carbonyl (C=O) groups excluding carboxylic acids is 2. The number of ketones is 2. The van der Waals surface area contributed by atoms with Crippen LogP contribution in [0.1, 0.15) is 26.7 Å². The number of Topliss-reactive ketones (excluding diaryl/α,β-unsaturated/α-hetero) is 2. The highest BCUT2D eigenvalue weighted by atomic mass is 35.5. The lowest BCUT2D eigenvalue weighted by atomic mass is 10.1. The first kappa shape index (κ1) is 13.6. The largest absolute Gasteiger partial charge is 0.300 e. The maximum atomic E-state index is 11.0. The highest BCUT2D eigenvalue weighted by Crippen LogP contribution is 2.75. The Morgan fingerprint density at radius 1 is 0.867 bits per heavy atom. The van der Waals surface area contributed by atoms with Gasteiger partial charge in [-0.2, -0.15) is 0 Å². The third-order valence-electron chi connectivity index (χ3n) is 2.55. The van der Waals surface area contributed by atoms with Gasteiger partial charge in [-0.3, -0.25) is 9.59 Å². The molecule has 0 heterocycles. The molecule has 1 aliphatic carbocycles. The van der Waals surface area contributed by atoms with E-state index in [1.165, 1.54) is 13.8 Å². The van der Waals surface area contributed by atoms with Gasteiger partial charge in [0.2, 0.25) is 0 Å². The second-order valence-electron chi connectivity index (χ2n) is 3.93. The second-order valence-corrected chi connectivity index (χ2v) is 6.55. The van der Waals surface area contributed by atoms with Crippen LogP contribution in [0.2, 0.25) is 0 Å². The molecule has 0 aromatic rings. The summed E-state index contributed by atoms with van der Waals surface area (Å²) < 4.78 is -1.44. The number of carbonyl (C=O) groups is 2. The van der Waals surface area contributed by atoms with Crippen LogP contribution in [0.5, 0.6) is 0 Å². The van der Waals surface area contributed by atoms with Crippen molar-refractivity contribution >= 4 is 58.0 Å². The van der Waals surface area contributed by atoms with E-state index in [1.807, 2.05) is 0 Å². The molecule has 0 amide bonds. The van der Waals surface area contributed by atoms with Gasteiger partial charge >= 0.3 is 0 Å². The molecule has 0 saturated heterocycles. The van der Waals surface area contributed by atoms with Crippen LogP contribution in [0, 0.1) is 0 Å². The molecule has 1 saturated carbocycles. The van der Waals surface area contributed by atoms with E-state index in [1.54, 1.807) is 0 Å². The second kappa shape index (κ2) is 3.76. The van der Waals surface area contributed by atoms with Gasteiger partial charge in [-0.1, -0.05) is 23.2 Å². The maximum Gasteiger partial charge on any atom is 0.160 e. The van der Waals surface area contributed by atoms with Gasteiger partial charge in [-0.25, -0.2) is 0 Å². The lowest BCUT2D eigenvalue weighted by Crippen LogP contribution is -2.20. The van der Waals surface area contributed by atoms with Crippen LogP contribution >= 0.6 is 46.4 Å². The average Bonchev–Trinajstić information content (AvgIpc) is 2.27. The van der Waals surface area contributed by atoms with Crippen LogP contribution in [-0.4, -0.2) is 25.6 Å². The SMILES string of the molecule is CC(=O)CC1(Cl)C(Cl)(Cl)C1(Cl)CC(C)=O. The predicted octanol–water partition coefficient (Wildman–Crippen LogP) is 3.09. The van der Waals surface area contributed by atoms with E-state index in [0.29, 0.717) is 0 Å². The van der Waals surface area contributed by atoms with E-state index < -0.39 is 14.1 Å². The third-order valence-corrected chi connectivity index (χ3v) is 5.80. The first-order chi connectivity index (χ1) is 6.58. The molecule has 0 aromatic carbocycles. The minimum absolute atomic E-state index is 0.0433. The van der Waals surface area contributed by atoms with Gasteiger partial charge in [0.25, 0.3) is 0 Å². The van der Waals surface area contributed by atoms with Gasteiger partial charge < -0.3 is 0 Å². The fourth-order valence-corrected chi connectivity index (χ4v) is 3.80. The van der Waals surface area contributed by atoms with Crippen LogP contribution in [0.4, 0.5) is 0 Å². The van der Waals surface area contributed by atoms with Crippen molar-refractivity contribution in [3.63, 3.8) is 0 Å². The summed E-state index contributed by atoms with van der Waals surface area (Å²) in [4.78, 5) is 19.5. The Morgan fingerprint density at radius 2 is 1.13 bits per heavy atom. The van der Waals surface area contributed by atoms with Crippen molar-refractivity contribution in [2.24, 2.45) is 0 Å². The summed E-state index contributed by atoms with van der Waals surface area (Å²) >= 11 is 24.1. The summed E-state index contributed by atoms with van der Waals surface area (Å²) in [5.74, 6) is -0.330. The molecule has 1 fully saturated rings. The molecule has 0 bridgehead atoms. The van der Waals surface area contributed by atoms with E-state index in [4.69, 9.17) is 46.4 Å². The third kappa shape index (κ3) is 1.80. The summed E-state index contributed by atoms with van der Waals surface area (Å²) in [5.41, 5.74) is 0. The lowest BCUT2D eigenvalue weighted by Gasteiger charge is -2.09. The van der Waals surface area contributed by atoms with Gasteiger partial charge in [0, 0.05) is 12.8 Å². The first-order valence-corrected chi connectivity index (χ1v) is 5.84. The molecule has 0 aromatic heterocycles. The molecule has 0 spiro atoms. The lowest BCUT2D eigenvalue weighted by molar-refractivity contribution is -0.118. The highest BCUT2D eigenvalue weighted by molar-refractivity contribution is 6.66. The quantitative estimate of drug-likeness (QED) is 0.746. The summed E-state index contributed by atoms with van der Waals surface area (Å²) in [6, 6.07) is 0. The minimum atomic E-state index is -1.44. The van der Waals surface area contributed by atoms with Gasteiger partial charge in [0.15, 0.2) is 4.33 Å². The molecule has 2 atom stereocenters. The maximum absolute atomic E-state index is 11.0. The number of hydrogen-bond donors (Lipinski definition) is 0. The Kier molecular flexibility index (Phi) is 3.40. The Bertz CT molecular complexity index is 298. The van der Waals surface area contributed by atoms with Crippen LogP contribution < -0.4 is 0 Å². The monoisotopic (exact) mass is 290 g/mol. The number of rotatable bonds is 4. The van der Waals surface area contributed by atoms with Crippen molar-refractivity contribution in [3.8, 4) is 0 Å². The normalized spacial score (nSPS) is 37.5. The molecule has 2 nitrogen and oxygen atoms in total. The standard InChI is InChI=1S/C9H10Cl4O2/c1-5(14)3-7(10)8(11,4-6(2)15)9(7,12)13/h3-4H2,1-2H3. The summed E-state index contributed by atoms with van der Waals surface area (Å²) in [7, 11) is 0. The molecular weight excluding hydrogens is 282 g/mol. The molecule has 0 aliphatic heterocycles. The zero-order valence-corrected chi connectivity index (χ0v) is 11.3. The van der Waals surface area contributed by atoms with Crippen molar-refractivity contribution in [2.45, 2.75) is 40.8 Å². The zero-order chi connectivity index (χ0) is 12.1. The Morgan fingerprint density at radius 3 is 1.33 bits per heavy atom. The van der Waals surface area contributed by atoms with E-state index in [9.17, 15) is 9.59 Å². The number of halogens is 4. The average molecular weight is 292 g/mol. The van der Waals surface area contributed by atoms with Crippen molar-refractivity contribution in [2.75, 3.05) is 0 Å². The zero-order valence-electron chi connectivity index (χ0n) is 8.24. The van der Waals surface area contributed by atoms with E-state index >= 15 is 0 Å². The topological polar surface area (TPSA) is 34.1 Å². The Balaban J connectivity index is 2.94. The number of hydrogen-bond acceptors (Lipinski definition) is 2. The Labute approximate surface area is 108 Å². The van der Waals surface area contributed by atoms with Gasteiger partial charge in [-0.15, -0.1) is 23.2 Å². The molecular formula is C9H10Cl4O2. The van der Waals surface area contributed by atoms with E-state index in [-0.39, 0.29) is 24.4 Å². The van der Waals surface area contributed by atoms with Crippen molar-refractivity contribution in [3.05, 3.63) is 0 Å². The smallest absolute Gasteiger partial charge is 0.160 e. The fourth-order valence-electron chi connectivity index (χ4n) is 1.72. The summed E-state index contributed by atoms with van der Waals surface area (Å²) in [6.07, 6.45) is -0.0866. The van der Waals surface area contributed by atoms with Crippen LogP contribution in [0.3, 0.4) is 0 Å². The molecule has 6 heteroatoms. The van der Waals surface area contributed by atoms with Gasteiger partial charge in [0.1, 0.15) is 21.3 Å². The van der Waals surface area contributed by atoms with Crippen molar-refractivity contribution < 1.29 is 9.59 Å². The summed E-state index contributed by atoms with van der Waals surface area (Å²) in [5, 5.41) is 0. The summed E-state index contributed by atoms with van der Waals surface area (Å²) in [6.45, 7) is 2.74. The first-order valence-electron chi connectivity index (χ1n) is 4.33.